The van der Waals surface area contributed by atoms with Crippen LogP contribution in [0.3, 0.4) is 0 Å². The van der Waals surface area contributed by atoms with Crippen LogP contribution in [0, 0.1) is 23.7 Å². The highest BCUT2D eigenvalue weighted by Gasteiger charge is 2.11. The van der Waals surface area contributed by atoms with Crippen LogP contribution in [0.4, 0.5) is 0 Å². The molecule has 0 saturated heterocycles. The summed E-state index contributed by atoms with van der Waals surface area (Å²) in [5, 5.41) is 0. The molecule has 0 heteroatoms. The number of rotatable bonds is 5. The van der Waals surface area contributed by atoms with Crippen molar-refractivity contribution in [2.24, 2.45) is 23.7 Å². The molecule has 12 heavy (non-hydrogen) atoms. The second-order valence-corrected chi connectivity index (χ2v) is 5.02. The highest BCUT2D eigenvalue weighted by molar-refractivity contribution is 4.62. The van der Waals surface area contributed by atoms with Crippen molar-refractivity contribution >= 4 is 0 Å². The van der Waals surface area contributed by atoms with Gasteiger partial charge in [0.25, 0.3) is 0 Å². The molecule has 0 spiro atoms. The van der Waals surface area contributed by atoms with Crippen LogP contribution in [-0.2, 0) is 0 Å². The molecule has 0 bridgehead atoms. The Morgan fingerprint density at radius 3 is 1.00 bits per heavy atom. The summed E-state index contributed by atoms with van der Waals surface area (Å²) in [5.41, 5.74) is 0. The van der Waals surface area contributed by atoms with E-state index in [9.17, 15) is 0 Å². The van der Waals surface area contributed by atoms with Gasteiger partial charge in [-0.3, -0.25) is 0 Å². The third-order valence-corrected chi connectivity index (χ3v) is 3.35. The molecule has 0 aliphatic heterocycles. The van der Waals surface area contributed by atoms with Crippen molar-refractivity contribution in [2.45, 2.75) is 54.4 Å². The van der Waals surface area contributed by atoms with Gasteiger partial charge in [-0.2, -0.15) is 0 Å². The normalized spacial score (nSPS) is 17.0. The van der Waals surface area contributed by atoms with E-state index in [1.807, 2.05) is 0 Å². The second-order valence-electron chi connectivity index (χ2n) is 5.02. The predicted octanol–water partition coefficient (Wildman–Crippen LogP) is 4.35. The van der Waals surface area contributed by atoms with Gasteiger partial charge in [0.1, 0.15) is 0 Å². The Labute approximate surface area is 78.8 Å². The zero-order chi connectivity index (χ0) is 9.72. The topological polar surface area (TPSA) is 0 Å². The Morgan fingerprint density at radius 1 is 0.583 bits per heavy atom. The fourth-order valence-corrected chi connectivity index (χ4v) is 1.19. The van der Waals surface area contributed by atoms with Gasteiger partial charge < -0.3 is 0 Å². The van der Waals surface area contributed by atoms with Crippen LogP contribution < -0.4 is 0 Å². The van der Waals surface area contributed by atoms with E-state index in [4.69, 9.17) is 0 Å². The minimum Gasteiger partial charge on any atom is -0.0625 e. The van der Waals surface area contributed by atoms with Gasteiger partial charge in [-0.25, -0.2) is 0 Å². The maximum Gasteiger partial charge on any atom is -0.0420 e. The largest absolute Gasteiger partial charge is 0.0625 e. The number of hydrogen-bond donors (Lipinski definition) is 0. The third-order valence-electron chi connectivity index (χ3n) is 3.35. The van der Waals surface area contributed by atoms with Crippen molar-refractivity contribution in [2.75, 3.05) is 0 Å². The first kappa shape index (κ1) is 12.0. The van der Waals surface area contributed by atoms with Crippen LogP contribution >= 0.6 is 0 Å². The molecule has 0 aromatic heterocycles. The highest BCUT2D eigenvalue weighted by atomic mass is 14.2. The van der Waals surface area contributed by atoms with Gasteiger partial charge in [-0.05, 0) is 23.7 Å². The van der Waals surface area contributed by atoms with Crippen LogP contribution in [0.1, 0.15) is 54.4 Å². The Balaban J connectivity index is 3.54. The quantitative estimate of drug-likeness (QED) is 0.575. The first-order valence-corrected chi connectivity index (χ1v) is 5.45. The van der Waals surface area contributed by atoms with Crippen molar-refractivity contribution in [3.05, 3.63) is 0 Å². The zero-order valence-electron chi connectivity index (χ0n) is 9.72. The smallest absolute Gasteiger partial charge is 0.0420 e. The molecule has 0 saturated carbocycles. The molecular weight excluding hydrogens is 144 g/mol. The summed E-state index contributed by atoms with van der Waals surface area (Å²) in [7, 11) is 0. The minimum absolute atomic E-state index is 0.851. The average molecular weight is 170 g/mol. The van der Waals surface area contributed by atoms with E-state index >= 15 is 0 Å². The van der Waals surface area contributed by atoms with Gasteiger partial charge in [0, 0.05) is 0 Å². The van der Waals surface area contributed by atoms with E-state index in [1.165, 1.54) is 12.8 Å². The molecule has 74 valence electrons. The van der Waals surface area contributed by atoms with Crippen molar-refractivity contribution in [1.82, 2.24) is 0 Å². The van der Waals surface area contributed by atoms with E-state index in [0.29, 0.717) is 0 Å². The fraction of sp³-hybridized carbons (Fsp3) is 1.00. The Kier molecular flexibility index (Phi) is 5.61. The van der Waals surface area contributed by atoms with Gasteiger partial charge in [0.15, 0.2) is 0 Å². The lowest BCUT2D eigenvalue weighted by atomic mass is 9.86. The van der Waals surface area contributed by atoms with Crippen LogP contribution in [0.15, 0.2) is 0 Å². The molecule has 0 heterocycles. The average Bonchev–Trinajstić information content (AvgIpc) is 1.98. The Hall–Kier alpha value is 0. The van der Waals surface area contributed by atoms with Crippen molar-refractivity contribution in [1.29, 1.82) is 0 Å². The summed E-state index contributed by atoms with van der Waals surface area (Å²) >= 11 is 0. The lowest BCUT2D eigenvalue weighted by molar-refractivity contribution is 0.312. The lowest BCUT2D eigenvalue weighted by Crippen LogP contribution is -2.09. The molecule has 0 N–H and O–H groups in total. The molecule has 0 fully saturated rings. The molecule has 0 aromatic rings. The summed E-state index contributed by atoms with van der Waals surface area (Å²) in [5.74, 6) is 3.49. The van der Waals surface area contributed by atoms with Gasteiger partial charge in [-0.1, -0.05) is 54.4 Å². The summed E-state index contributed by atoms with van der Waals surface area (Å²) < 4.78 is 0. The molecule has 0 aliphatic rings. The predicted molar refractivity (Wildman–Crippen MR) is 57.2 cm³/mol. The number of hydrogen-bond acceptors (Lipinski definition) is 0. The molecular formula is C12H26. The molecule has 2 unspecified atom stereocenters. The van der Waals surface area contributed by atoms with Gasteiger partial charge in [-0.15, -0.1) is 0 Å². The van der Waals surface area contributed by atoms with Crippen molar-refractivity contribution in [3.63, 3.8) is 0 Å². The standard InChI is InChI=1S/C12H26/c1-9(2)11(5)7-8-12(6)10(3)4/h9-12H,7-8H2,1-6H3. The molecule has 0 amide bonds. The SMILES string of the molecule is CC(C)C(C)CCC(C)C(C)C. The first-order chi connectivity index (χ1) is 5.45. The van der Waals surface area contributed by atoms with E-state index in [-0.39, 0.29) is 0 Å². The van der Waals surface area contributed by atoms with E-state index < -0.39 is 0 Å². The van der Waals surface area contributed by atoms with Gasteiger partial charge >= 0.3 is 0 Å². The monoisotopic (exact) mass is 170 g/mol. The highest BCUT2D eigenvalue weighted by Crippen LogP contribution is 2.22. The fourth-order valence-electron chi connectivity index (χ4n) is 1.19. The van der Waals surface area contributed by atoms with E-state index in [1.54, 1.807) is 0 Å². The van der Waals surface area contributed by atoms with E-state index in [0.717, 1.165) is 23.7 Å². The van der Waals surface area contributed by atoms with E-state index in [2.05, 4.69) is 41.5 Å². The molecule has 2 atom stereocenters. The van der Waals surface area contributed by atoms with Crippen LogP contribution in [-0.4, -0.2) is 0 Å². The summed E-state index contributed by atoms with van der Waals surface area (Å²) in [6.07, 6.45) is 2.80. The molecule has 0 rings (SSSR count). The maximum absolute atomic E-state index is 2.37. The zero-order valence-corrected chi connectivity index (χ0v) is 9.72. The van der Waals surface area contributed by atoms with Crippen molar-refractivity contribution in [3.8, 4) is 0 Å². The lowest BCUT2D eigenvalue weighted by Gasteiger charge is -2.20. The van der Waals surface area contributed by atoms with Gasteiger partial charge in [0.05, 0.1) is 0 Å². The van der Waals surface area contributed by atoms with Crippen LogP contribution in [0.25, 0.3) is 0 Å². The summed E-state index contributed by atoms with van der Waals surface area (Å²) in [6, 6.07) is 0. The minimum atomic E-state index is 0.851. The maximum atomic E-state index is 2.37. The molecule has 0 aromatic carbocycles. The van der Waals surface area contributed by atoms with Crippen molar-refractivity contribution < 1.29 is 0 Å². The summed E-state index contributed by atoms with van der Waals surface area (Å²) in [4.78, 5) is 0. The molecule has 0 aliphatic carbocycles. The van der Waals surface area contributed by atoms with Gasteiger partial charge in [0.2, 0.25) is 0 Å². The van der Waals surface area contributed by atoms with Crippen LogP contribution in [0.2, 0.25) is 0 Å². The first-order valence-electron chi connectivity index (χ1n) is 5.45. The third kappa shape index (κ3) is 4.79. The molecule has 0 nitrogen and oxygen atoms in total. The Bertz CT molecular complexity index is 88.6. The second kappa shape index (κ2) is 5.61. The Morgan fingerprint density at radius 2 is 0.833 bits per heavy atom. The van der Waals surface area contributed by atoms with Crippen LogP contribution in [0.5, 0.6) is 0 Å². The molecule has 0 radical (unpaired) electrons. The summed E-state index contributed by atoms with van der Waals surface area (Å²) in [6.45, 7) is 14.0.